The summed E-state index contributed by atoms with van der Waals surface area (Å²) in [6, 6.07) is 10.4. The number of rotatable bonds is 3. The van der Waals surface area contributed by atoms with Crippen molar-refractivity contribution in [2.24, 2.45) is 0 Å². The van der Waals surface area contributed by atoms with E-state index in [1.165, 1.54) is 5.56 Å². The molecule has 0 bridgehead atoms. The predicted molar refractivity (Wildman–Crippen MR) is 109 cm³/mol. The number of aromatic nitrogens is 1. The van der Waals surface area contributed by atoms with Crippen LogP contribution >= 0.6 is 0 Å². The molecule has 1 spiro atoms. The second-order valence-electron chi connectivity index (χ2n) is 8.47. The lowest BCUT2D eigenvalue weighted by atomic mass is 9.86. The second-order valence-corrected chi connectivity index (χ2v) is 8.47. The van der Waals surface area contributed by atoms with Gasteiger partial charge in [-0.15, -0.1) is 0 Å². The average molecular weight is 383 g/mol. The quantitative estimate of drug-likeness (QED) is 0.817. The number of piperazine rings is 1. The molecule has 0 aliphatic carbocycles. The summed E-state index contributed by atoms with van der Waals surface area (Å²) < 4.78 is 5.65. The topological polar surface area (TPSA) is 52.8 Å². The number of hydrogen-bond acceptors (Lipinski definition) is 5. The fourth-order valence-electron chi connectivity index (χ4n) is 4.44. The lowest BCUT2D eigenvalue weighted by molar-refractivity contribution is -0.129. The summed E-state index contributed by atoms with van der Waals surface area (Å²) in [6.07, 6.45) is 2.58. The summed E-state index contributed by atoms with van der Waals surface area (Å²) in [4.78, 5) is 18.9. The van der Waals surface area contributed by atoms with Gasteiger partial charge < -0.3 is 9.42 Å². The molecule has 6 heteroatoms. The molecule has 2 aliphatic heterocycles. The molecule has 1 amide bonds. The Morgan fingerprint density at radius 1 is 1.11 bits per heavy atom. The zero-order valence-electron chi connectivity index (χ0n) is 17.1. The van der Waals surface area contributed by atoms with E-state index in [1.807, 2.05) is 11.9 Å². The van der Waals surface area contributed by atoms with Gasteiger partial charge in [0.05, 0.1) is 6.54 Å². The molecule has 2 aromatic rings. The van der Waals surface area contributed by atoms with Crippen LogP contribution in [0.5, 0.6) is 0 Å². The highest BCUT2D eigenvalue weighted by molar-refractivity contribution is 5.76. The highest BCUT2D eigenvalue weighted by atomic mass is 16.5. The van der Waals surface area contributed by atoms with Crippen molar-refractivity contribution < 1.29 is 9.32 Å². The van der Waals surface area contributed by atoms with Crippen LogP contribution in [0.2, 0.25) is 0 Å². The van der Waals surface area contributed by atoms with Gasteiger partial charge in [0.1, 0.15) is 5.69 Å². The van der Waals surface area contributed by atoms with Gasteiger partial charge in [-0.3, -0.25) is 14.6 Å². The Hall–Kier alpha value is -2.18. The summed E-state index contributed by atoms with van der Waals surface area (Å²) in [6.45, 7) is 6.65. The highest BCUT2D eigenvalue weighted by Gasteiger charge is 2.41. The molecule has 4 rings (SSSR count). The van der Waals surface area contributed by atoms with Crippen LogP contribution in [0.4, 0.5) is 0 Å². The molecule has 2 aliphatic rings. The number of carbonyl (C=O) groups is 1. The first-order valence-electron chi connectivity index (χ1n) is 10.2. The Labute approximate surface area is 167 Å². The Bertz CT molecular complexity index is 831. The molecule has 2 fully saturated rings. The molecule has 0 saturated carbocycles. The van der Waals surface area contributed by atoms with Gasteiger partial charge in [-0.1, -0.05) is 35.0 Å². The number of benzene rings is 1. The first-order chi connectivity index (χ1) is 13.4. The Morgan fingerprint density at radius 3 is 2.68 bits per heavy atom. The van der Waals surface area contributed by atoms with Crippen LogP contribution in [0.25, 0.3) is 11.3 Å². The minimum atomic E-state index is 0.0679. The molecule has 3 heterocycles. The van der Waals surface area contributed by atoms with Crippen LogP contribution in [-0.4, -0.2) is 71.6 Å². The smallest absolute Gasteiger partial charge is 0.222 e. The molecule has 0 unspecified atom stereocenters. The molecule has 150 valence electrons. The lowest BCUT2D eigenvalue weighted by Crippen LogP contribution is -2.60. The van der Waals surface area contributed by atoms with Crippen molar-refractivity contribution >= 4 is 5.91 Å². The summed E-state index contributed by atoms with van der Waals surface area (Å²) in [5.74, 6) is 1.16. The van der Waals surface area contributed by atoms with Gasteiger partial charge >= 0.3 is 0 Å². The standard InChI is InChI=1S/C22H30N4O2/c1-17-4-6-18(7-5-17)20-14-19(28-23-20)15-26-13-12-25(3)22(16-26)9-8-21(27)24(2)11-10-22/h4-7,14H,8-13,15-16H2,1-3H3/t22-/m0/s1. The number of carbonyl (C=O) groups excluding carboxylic acids is 1. The van der Waals surface area contributed by atoms with E-state index in [-0.39, 0.29) is 11.4 Å². The monoisotopic (exact) mass is 382 g/mol. The van der Waals surface area contributed by atoms with Gasteiger partial charge in [0, 0.05) is 56.8 Å². The molecule has 6 nitrogen and oxygen atoms in total. The van der Waals surface area contributed by atoms with Crippen LogP contribution in [0.3, 0.4) is 0 Å². The van der Waals surface area contributed by atoms with Gasteiger partial charge in [0.25, 0.3) is 0 Å². The van der Waals surface area contributed by atoms with Crippen molar-refractivity contribution in [3.8, 4) is 11.3 Å². The number of amides is 1. The first-order valence-corrected chi connectivity index (χ1v) is 10.2. The number of hydrogen-bond donors (Lipinski definition) is 0. The number of aryl methyl sites for hydroxylation is 1. The van der Waals surface area contributed by atoms with E-state index >= 15 is 0 Å². The number of nitrogens with zero attached hydrogens (tertiary/aromatic N) is 4. The zero-order valence-corrected chi connectivity index (χ0v) is 17.1. The van der Waals surface area contributed by atoms with Gasteiger partial charge in [-0.2, -0.15) is 0 Å². The molecule has 0 N–H and O–H groups in total. The second kappa shape index (κ2) is 7.68. The van der Waals surface area contributed by atoms with Crippen molar-refractivity contribution in [1.82, 2.24) is 19.9 Å². The highest BCUT2D eigenvalue weighted by Crippen LogP contribution is 2.32. The summed E-state index contributed by atoms with van der Waals surface area (Å²) in [5.41, 5.74) is 3.28. The normalized spacial score (nSPS) is 24.7. The summed E-state index contributed by atoms with van der Waals surface area (Å²) in [7, 11) is 4.13. The fourth-order valence-corrected chi connectivity index (χ4v) is 4.44. The summed E-state index contributed by atoms with van der Waals surface area (Å²) in [5, 5.41) is 4.27. The number of likely N-dealkylation sites (tertiary alicyclic amines) is 1. The Kier molecular flexibility index (Phi) is 5.25. The molecule has 2 saturated heterocycles. The molecular formula is C22H30N4O2. The summed E-state index contributed by atoms with van der Waals surface area (Å²) >= 11 is 0. The third-order valence-electron chi connectivity index (χ3n) is 6.51. The van der Waals surface area contributed by atoms with Gasteiger partial charge in [-0.25, -0.2) is 0 Å². The average Bonchev–Trinajstić information content (AvgIpc) is 3.10. The van der Waals surface area contributed by atoms with E-state index in [0.29, 0.717) is 6.42 Å². The third kappa shape index (κ3) is 3.84. The van der Waals surface area contributed by atoms with Crippen molar-refractivity contribution in [2.45, 2.75) is 38.3 Å². The van der Waals surface area contributed by atoms with Crippen molar-refractivity contribution in [1.29, 1.82) is 0 Å². The lowest BCUT2D eigenvalue weighted by Gasteiger charge is -2.49. The van der Waals surface area contributed by atoms with Gasteiger partial charge in [0.2, 0.25) is 5.91 Å². The van der Waals surface area contributed by atoms with Crippen LogP contribution in [-0.2, 0) is 11.3 Å². The minimum absolute atomic E-state index is 0.0679. The maximum absolute atomic E-state index is 12.1. The van der Waals surface area contributed by atoms with Gasteiger partial charge in [0.15, 0.2) is 5.76 Å². The molecule has 1 atom stereocenters. The van der Waals surface area contributed by atoms with Crippen molar-refractivity contribution in [3.63, 3.8) is 0 Å². The third-order valence-corrected chi connectivity index (χ3v) is 6.51. The van der Waals surface area contributed by atoms with Crippen LogP contribution < -0.4 is 0 Å². The van der Waals surface area contributed by atoms with Gasteiger partial charge in [-0.05, 0) is 26.8 Å². The Morgan fingerprint density at radius 2 is 1.89 bits per heavy atom. The molecule has 0 radical (unpaired) electrons. The first kappa shape index (κ1) is 19.2. The van der Waals surface area contributed by atoms with Crippen LogP contribution in [0.15, 0.2) is 34.9 Å². The zero-order chi connectivity index (χ0) is 19.7. The van der Waals surface area contributed by atoms with E-state index in [4.69, 9.17) is 4.52 Å². The van der Waals surface area contributed by atoms with Crippen LogP contribution in [0.1, 0.15) is 30.6 Å². The van der Waals surface area contributed by atoms with E-state index in [1.54, 1.807) is 0 Å². The minimum Gasteiger partial charge on any atom is -0.359 e. The maximum Gasteiger partial charge on any atom is 0.222 e. The Balaban J connectivity index is 1.45. The predicted octanol–water partition coefficient (Wildman–Crippen LogP) is 2.78. The van der Waals surface area contributed by atoms with Crippen LogP contribution in [0, 0.1) is 6.92 Å². The molecule has 1 aromatic heterocycles. The van der Waals surface area contributed by atoms with E-state index in [9.17, 15) is 4.79 Å². The SMILES string of the molecule is Cc1ccc(-c2cc(CN3CCN(C)[C@]4(CCC(=O)N(C)CC4)C3)on2)cc1. The van der Waals surface area contributed by atoms with Crippen molar-refractivity contribution in [3.05, 3.63) is 41.7 Å². The molecular weight excluding hydrogens is 352 g/mol. The number of likely N-dealkylation sites (N-methyl/N-ethyl adjacent to an activating group) is 1. The molecule has 1 aromatic carbocycles. The van der Waals surface area contributed by atoms with E-state index in [0.717, 1.165) is 62.6 Å². The van der Waals surface area contributed by atoms with Crippen molar-refractivity contribution in [2.75, 3.05) is 40.3 Å². The van der Waals surface area contributed by atoms with E-state index in [2.05, 4.69) is 59.3 Å². The fraction of sp³-hybridized carbons (Fsp3) is 0.545. The largest absolute Gasteiger partial charge is 0.359 e. The maximum atomic E-state index is 12.1. The molecule has 28 heavy (non-hydrogen) atoms. The van der Waals surface area contributed by atoms with E-state index < -0.39 is 0 Å².